The summed E-state index contributed by atoms with van der Waals surface area (Å²) in [4.78, 5) is 15.0. The number of likely N-dealkylation sites (N-methyl/N-ethyl adjacent to an activating group) is 2. The van der Waals surface area contributed by atoms with Gasteiger partial charge in [-0.25, -0.2) is 8.42 Å². The van der Waals surface area contributed by atoms with Crippen LogP contribution in [0.5, 0.6) is 5.75 Å². The summed E-state index contributed by atoms with van der Waals surface area (Å²) < 4.78 is 29.9. The van der Waals surface area contributed by atoms with Crippen molar-refractivity contribution >= 4 is 21.4 Å². The SMILES string of the molecule is CCN1C[C@H](CN(C)CCS(=O)(=O)CCC(N)=O)Oc2ccccc21. The van der Waals surface area contributed by atoms with Crippen LogP contribution < -0.4 is 15.4 Å². The van der Waals surface area contributed by atoms with Crippen molar-refractivity contribution in [3.05, 3.63) is 24.3 Å². The van der Waals surface area contributed by atoms with E-state index in [-0.39, 0.29) is 24.0 Å². The van der Waals surface area contributed by atoms with Gasteiger partial charge in [0, 0.05) is 26.1 Å². The average molecular weight is 369 g/mol. The second-order valence-corrected chi connectivity index (χ2v) is 8.68. The third-order valence-corrected chi connectivity index (χ3v) is 5.89. The van der Waals surface area contributed by atoms with Gasteiger partial charge in [0.1, 0.15) is 11.9 Å². The number of carbonyl (C=O) groups excluding carboxylic acids is 1. The van der Waals surface area contributed by atoms with Gasteiger partial charge in [-0.05, 0) is 26.1 Å². The van der Waals surface area contributed by atoms with Crippen LogP contribution in [-0.4, -0.2) is 70.1 Å². The number of carbonyl (C=O) groups is 1. The molecule has 8 heteroatoms. The van der Waals surface area contributed by atoms with E-state index in [1.807, 2.05) is 36.2 Å². The summed E-state index contributed by atoms with van der Waals surface area (Å²) in [6.07, 6.45) is -0.145. The van der Waals surface area contributed by atoms with Crippen molar-refractivity contribution in [2.24, 2.45) is 5.73 Å². The van der Waals surface area contributed by atoms with Gasteiger partial charge in [-0.3, -0.25) is 4.79 Å². The minimum atomic E-state index is -3.27. The van der Waals surface area contributed by atoms with E-state index in [4.69, 9.17) is 10.5 Å². The summed E-state index contributed by atoms with van der Waals surface area (Å²) >= 11 is 0. The fourth-order valence-electron chi connectivity index (χ4n) is 2.87. The number of fused-ring (bicyclic) bond motifs is 1. The fraction of sp³-hybridized carbons (Fsp3) is 0.588. The molecule has 0 saturated heterocycles. The van der Waals surface area contributed by atoms with Crippen molar-refractivity contribution in [2.75, 3.05) is 49.6 Å². The Morgan fingerprint density at radius 1 is 1.36 bits per heavy atom. The Hall–Kier alpha value is -1.80. The van der Waals surface area contributed by atoms with Crippen LogP contribution in [0.2, 0.25) is 0 Å². The summed E-state index contributed by atoms with van der Waals surface area (Å²) in [5.41, 5.74) is 6.10. The lowest BCUT2D eigenvalue weighted by atomic mass is 10.2. The first-order valence-corrected chi connectivity index (χ1v) is 10.3. The first-order chi connectivity index (χ1) is 11.8. The van der Waals surface area contributed by atoms with Crippen LogP contribution in [0.3, 0.4) is 0 Å². The summed E-state index contributed by atoms with van der Waals surface area (Å²) in [7, 11) is -1.39. The topological polar surface area (TPSA) is 92.9 Å². The molecule has 2 rings (SSSR count). The number of nitrogens with two attached hydrogens (primary N) is 1. The Labute approximate surface area is 149 Å². The maximum absolute atomic E-state index is 11.9. The molecular weight excluding hydrogens is 342 g/mol. The third-order valence-electron chi connectivity index (χ3n) is 4.26. The Kier molecular flexibility index (Phi) is 6.66. The molecule has 0 fully saturated rings. The van der Waals surface area contributed by atoms with Gasteiger partial charge >= 0.3 is 0 Å². The lowest BCUT2D eigenvalue weighted by molar-refractivity contribution is -0.117. The zero-order valence-corrected chi connectivity index (χ0v) is 15.7. The van der Waals surface area contributed by atoms with Crippen LogP contribution in [0.15, 0.2) is 24.3 Å². The van der Waals surface area contributed by atoms with Crippen LogP contribution >= 0.6 is 0 Å². The zero-order chi connectivity index (χ0) is 18.4. The van der Waals surface area contributed by atoms with Gasteiger partial charge in [-0.2, -0.15) is 0 Å². The van der Waals surface area contributed by atoms with Crippen LogP contribution in [0.1, 0.15) is 13.3 Å². The van der Waals surface area contributed by atoms with E-state index in [1.54, 1.807) is 0 Å². The molecule has 0 saturated carbocycles. The number of nitrogens with zero attached hydrogens (tertiary/aromatic N) is 2. The molecule has 1 heterocycles. The number of primary amides is 1. The van der Waals surface area contributed by atoms with Crippen LogP contribution in [0.25, 0.3) is 0 Å². The van der Waals surface area contributed by atoms with E-state index >= 15 is 0 Å². The minimum absolute atomic E-state index is 0.0115. The number of hydrogen-bond donors (Lipinski definition) is 1. The first-order valence-electron chi connectivity index (χ1n) is 8.48. The molecule has 2 N–H and O–H groups in total. The highest BCUT2D eigenvalue weighted by Crippen LogP contribution is 2.32. The van der Waals surface area contributed by atoms with Crippen molar-refractivity contribution < 1.29 is 17.9 Å². The van der Waals surface area contributed by atoms with Gasteiger partial charge in [0.15, 0.2) is 9.84 Å². The minimum Gasteiger partial charge on any atom is -0.485 e. The second-order valence-electron chi connectivity index (χ2n) is 6.38. The molecule has 1 atom stereocenters. The number of amides is 1. The maximum Gasteiger partial charge on any atom is 0.218 e. The largest absolute Gasteiger partial charge is 0.485 e. The third kappa shape index (κ3) is 5.89. The highest BCUT2D eigenvalue weighted by atomic mass is 32.2. The molecule has 1 amide bonds. The first kappa shape index (κ1) is 19.5. The number of anilines is 1. The Balaban J connectivity index is 1.87. The molecule has 1 aromatic rings. The molecular formula is C17H27N3O4S. The molecule has 0 radical (unpaired) electrons. The van der Waals surface area contributed by atoms with Gasteiger partial charge < -0.3 is 20.3 Å². The quantitative estimate of drug-likeness (QED) is 0.681. The standard InChI is InChI=1S/C17H27N3O4S/c1-3-20-13-14(24-16-7-5-4-6-15(16)20)12-19(2)9-11-25(22,23)10-8-17(18)21/h4-7,14H,3,8-13H2,1-2H3,(H2,18,21)/t14-/m0/s1. The van der Waals surface area contributed by atoms with E-state index < -0.39 is 15.7 Å². The average Bonchev–Trinajstić information content (AvgIpc) is 2.58. The lowest BCUT2D eigenvalue weighted by Crippen LogP contribution is -2.46. The van der Waals surface area contributed by atoms with E-state index in [0.29, 0.717) is 13.1 Å². The van der Waals surface area contributed by atoms with Crippen LogP contribution in [-0.2, 0) is 14.6 Å². The van der Waals surface area contributed by atoms with Crippen LogP contribution in [0, 0.1) is 0 Å². The highest BCUT2D eigenvalue weighted by Gasteiger charge is 2.25. The molecule has 0 aliphatic carbocycles. The van der Waals surface area contributed by atoms with Crippen molar-refractivity contribution in [2.45, 2.75) is 19.4 Å². The lowest BCUT2D eigenvalue weighted by Gasteiger charge is -2.37. The van der Waals surface area contributed by atoms with Gasteiger partial charge in [-0.1, -0.05) is 12.1 Å². The van der Waals surface area contributed by atoms with Crippen molar-refractivity contribution in [3.8, 4) is 5.75 Å². The molecule has 25 heavy (non-hydrogen) atoms. The van der Waals surface area contributed by atoms with Gasteiger partial charge in [0.2, 0.25) is 5.91 Å². The summed E-state index contributed by atoms with van der Waals surface area (Å²) in [5, 5.41) is 0. The number of para-hydroxylation sites is 2. The van der Waals surface area contributed by atoms with Gasteiger partial charge in [0.25, 0.3) is 0 Å². The molecule has 0 bridgehead atoms. The maximum atomic E-state index is 11.9. The van der Waals surface area contributed by atoms with E-state index in [2.05, 4.69) is 11.8 Å². The Morgan fingerprint density at radius 3 is 2.76 bits per heavy atom. The van der Waals surface area contributed by atoms with Gasteiger partial charge in [-0.15, -0.1) is 0 Å². The Morgan fingerprint density at radius 2 is 2.08 bits per heavy atom. The summed E-state index contributed by atoms with van der Waals surface area (Å²) in [6, 6.07) is 7.95. The molecule has 7 nitrogen and oxygen atoms in total. The fourth-order valence-corrected chi connectivity index (χ4v) is 4.17. The Bertz CT molecular complexity index is 693. The molecule has 140 valence electrons. The molecule has 1 aromatic carbocycles. The summed E-state index contributed by atoms with van der Waals surface area (Å²) in [5.74, 6) is 0.0962. The zero-order valence-electron chi connectivity index (χ0n) is 14.8. The predicted octanol–water partition coefficient (Wildman–Crippen LogP) is 0.496. The number of hydrogen-bond acceptors (Lipinski definition) is 6. The number of sulfone groups is 1. The molecule has 0 aromatic heterocycles. The predicted molar refractivity (Wildman–Crippen MR) is 98.7 cm³/mol. The molecule has 1 aliphatic heterocycles. The molecule has 0 unspecified atom stereocenters. The van der Waals surface area contributed by atoms with E-state index in [0.717, 1.165) is 24.5 Å². The van der Waals surface area contributed by atoms with E-state index in [9.17, 15) is 13.2 Å². The van der Waals surface area contributed by atoms with Crippen molar-refractivity contribution in [3.63, 3.8) is 0 Å². The number of rotatable bonds is 9. The number of benzene rings is 1. The smallest absolute Gasteiger partial charge is 0.218 e. The van der Waals surface area contributed by atoms with Crippen molar-refractivity contribution in [1.29, 1.82) is 0 Å². The monoisotopic (exact) mass is 369 g/mol. The van der Waals surface area contributed by atoms with E-state index in [1.165, 1.54) is 0 Å². The van der Waals surface area contributed by atoms with Crippen LogP contribution in [0.4, 0.5) is 5.69 Å². The molecule has 0 spiro atoms. The van der Waals surface area contributed by atoms with Crippen molar-refractivity contribution in [1.82, 2.24) is 4.90 Å². The number of ether oxygens (including phenoxy) is 1. The molecule has 1 aliphatic rings. The van der Waals surface area contributed by atoms with Gasteiger partial charge in [0.05, 0.1) is 23.7 Å². The summed E-state index contributed by atoms with van der Waals surface area (Å²) in [6.45, 7) is 4.80. The highest BCUT2D eigenvalue weighted by molar-refractivity contribution is 7.91. The second kappa shape index (κ2) is 8.53. The normalized spacial score (nSPS) is 17.2.